The number of hydrogen-bond donors (Lipinski definition) is 1. The molecule has 1 amide bonds. The Balaban J connectivity index is 1.37. The summed E-state index contributed by atoms with van der Waals surface area (Å²) in [5.74, 6) is 0.618. The van der Waals surface area contributed by atoms with E-state index in [1.54, 1.807) is 18.0 Å². The van der Waals surface area contributed by atoms with E-state index in [0.29, 0.717) is 10.6 Å². The molecule has 1 aromatic heterocycles. The van der Waals surface area contributed by atoms with Gasteiger partial charge in [0, 0.05) is 43.9 Å². The molecule has 6 heteroatoms. The second-order valence-electron chi connectivity index (χ2n) is 7.64. The number of rotatable bonds is 7. The summed E-state index contributed by atoms with van der Waals surface area (Å²) < 4.78 is 2.13. The van der Waals surface area contributed by atoms with E-state index in [9.17, 15) is 4.79 Å². The monoisotopic (exact) mass is 473 g/mol. The van der Waals surface area contributed by atoms with Gasteiger partial charge in [0.25, 0.3) is 5.91 Å². The lowest BCUT2D eigenvalue weighted by molar-refractivity contribution is 0.0955. The van der Waals surface area contributed by atoms with Crippen LogP contribution in [-0.2, 0) is 5.75 Å². The van der Waals surface area contributed by atoms with Crippen LogP contribution in [0.4, 0.5) is 0 Å². The Morgan fingerprint density at radius 1 is 1.00 bits per heavy atom. The molecule has 0 bridgehead atoms. The van der Waals surface area contributed by atoms with Gasteiger partial charge in [-0.3, -0.25) is 4.79 Å². The van der Waals surface area contributed by atoms with E-state index < -0.39 is 0 Å². The van der Waals surface area contributed by atoms with Crippen molar-refractivity contribution in [3.05, 3.63) is 118 Å². The summed E-state index contributed by atoms with van der Waals surface area (Å²) in [6.07, 6.45) is 1.68. The van der Waals surface area contributed by atoms with Crippen LogP contribution in [0.5, 0.6) is 0 Å². The maximum absolute atomic E-state index is 12.5. The molecular weight excluding hydrogens is 450 g/mol. The third-order valence-electron chi connectivity index (χ3n) is 5.29. The molecule has 4 aromatic rings. The van der Waals surface area contributed by atoms with E-state index in [1.807, 2.05) is 86.6 Å². The van der Waals surface area contributed by atoms with Crippen LogP contribution in [0, 0.1) is 13.8 Å². The molecule has 4 rings (SSSR count). The number of amides is 1. The number of nitrogens with zero attached hydrogens (tertiary/aromatic N) is 2. The molecule has 0 spiro atoms. The Hall–Kier alpha value is -3.28. The van der Waals surface area contributed by atoms with Gasteiger partial charge in [-0.05, 0) is 74.0 Å². The summed E-state index contributed by atoms with van der Waals surface area (Å²) >= 11 is 7.78. The predicted molar refractivity (Wildman–Crippen MR) is 138 cm³/mol. The van der Waals surface area contributed by atoms with E-state index in [4.69, 9.17) is 11.6 Å². The SMILES string of the molecule is Cc1cc(/C=N/NC(=O)c2ccc(CSc3ccccc3)cc2)c(C)n1-c1ccc(Cl)cc1. The molecular formula is C27H24ClN3OS. The van der Waals surface area contributed by atoms with Crippen LogP contribution < -0.4 is 5.43 Å². The maximum Gasteiger partial charge on any atom is 0.271 e. The number of hydrogen-bond acceptors (Lipinski definition) is 3. The smallest absolute Gasteiger partial charge is 0.271 e. The second-order valence-corrected chi connectivity index (χ2v) is 9.12. The number of carbonyl (C=O) groups excluding carboxylic acids is 1. The Morgan fingerprint density at radius 2 is 1.70 bits per heavy atom. The second kappa shape index (κ2) is 10.6. The molecule has 4 nitrogen and oxygen atoms in total. The highest BCUT2D eigenvalue weighted by Gasteiger charge is 2.10. The summed E-state index contributed by atoms with van der Waals surface area (Å²) in [6, 6.07) is 27.6. The number of thioether (sulfide) groups is 1. The number of nitrogens with one attached hydrogen (secondary N) is 1. The van der Waals surface area contributed by atoms with Crippen molar-refractivity contribution in [1.82, 2.24) is 9.99 Å². The van der Waals surface area contributed by atoms with Gasteiger partial charge in [-0.15, -0.1) is 11.8 Å². The Morgan fingerprint density at radius 3 is 2.39 bits per heavy atom. The molecule has 0 saturated carbocycles. The van der Waals surface area contributed by atoms with Crippen molar-refractivity contribution in [2.75, 3.05) is 0 Å². The molecule has 0 saturated heterocycles. The predicted octanol–water partition coefficient (Wildman–Crippen LogP) is 6.80. The molecule has 0 unspecified atom stereocenters. The highest BCUT2D eigenvalue weighted by Crippen LogP contribution is 2.23. The first-order chi connectivity index (χ1) is 16.0. The van der Waals surface area contributed by atoms with Crippen molar-refractivity contribution in [1.29, 1.82) is 0 Å². The lowest BCUT2D eigenvalue weighted by atomic mass is 10.1. The highest BCUT2D eigenvalue weighted by molar-refractivity contribution is 7.98. The molecule has 0 atom stereocenters. The van der Waals surface area contributed by atoms with Crippen LogP contribution in [0.15, 0.2) is 94.9 Å². The molecule has 0 aliphatic heterocycles. The van der Waals surface area contributed by atoms with Crippen LogP contribution in [-0.4, -0.2) is 16.7 Å². The zero-order chi connectivity index (χ0) is 23.2. The third kappa shape index (κ3) is 5.75. The summed E-state index contributed by atoms with van der Waals surface area (Å²) in [6.45, 7) is 4.06. The highest BCUT2D eigenvalue weighted by atomic mass is 35.5. The van der Waals surface area contributed by atoms with Crippen molar-refractivity contribution in [3.63, 3.8) is 0 Å². The van der Waals surface area contributed by atoms with Gasteiger partial charge >= 0.3 is 0 Å². The molecule has 166 valence electrons. The molecule has 0 aliphatic rings. The fraction of sp³-hybridized carbons (Fsp3) is 0.111. The number of aryl methyl sites for hydroxylation is 1. The molecule has 1 N–H and O–H groups in total. The minimum Gasteiger partial charge on any atom is -0.318 e. The molecule has 33 heavy (non-hydrogen) atoms. The lowest BCUT2D eigenvalue weighted by Gasteiger charge is -2.09. The zero-order valence-electron chi connectivity index (χ0n) is 18.5. The van der Waals surface area contributed by atoms with Crippen LogP contribution in [0.2, 0.25) is 5.02 Å². The molecule has 3 aromatic carbocycles. The Labute approximate surface area is 203 Å². The van der Waals surface area contributed by atoms with Gasteiger partial charge < -0.3 is 4.57 Å². The summed E-state index contributed by atoms with van der Waals surface area (Å²) in [5.41, 5.74) is 8.45. The van der Waals surface area contributed by atoms with E-state index in [1.165, 1.54) is 10.5 Å². The van der Waals surface area contributed by atoms with E-state index in [2.05, 4.69) is 27.2 Å². The van der Waals surface area contributed by atoms with Crippen molar-refractivity contribution >= 4 is 35.5 Å². The lowest BCUT2D eigenvalue weighted by Crippen LogP contribution is -2.17. The van der Waals surface area contributed by atoms with Gasteiger partial charge in [0.1, 0.15) is 0 Å². The first-order valence-corrected chi connectivity index (χ1v) is 11.9. The standard InChI is InChI=1S/C27H24ClN3OS/c1-19-16-23(20(2)31(19)25-14-12-24(28)13-15-25)17-29-30-27(32)22-10-8-21(9-11-22)18-33-26-6-4-3-5-7-26/h3-17H,18H2,1-2H3,(H,30,32)/b29-17+. The fourth-order valence-corrected chi connectivity index (χ4v) is 4.57. The van der Waals surface area contributed by atoms with Crippen molar-refractivity contribution in [2.24, 2.45) is 5.10 Å². The van der Waals surface area contributed by atoms with E-state index >= 15 is 0 Å². The van der Waals surface area contributed by atoms with Gasteiger partial charge in [-0.1, -0.05) is 41.9 Å². The van der Waals surface area contributed by atoms with E-state index in [-0.39, 0.29) is 5.91 Å². The normalized spacial score (nSPS) is 11.1. The number of benzene rings is 3. The van der Waals surface area contributed by atoms with Gasteiger partial charge in [0.05, 0.1) is 6.21 Å². The Bertz CT molecular complexity index is 1260. The van der Waals surface area contributed by atoms with Gasteiger partial charge in [-0.25, -0.2) is 5.43 Å². The Kier molecular flexibility index (Phi) is 7.33. The average Bonchev–Trinajstić information content (AvgIpc) is 3.12. The number of halogens is 1. The van der Waals surface area contributed by atoms with Crippen LogP contribution in [0.25, 0.3) is 5.69 Å². The van der Waals surface area contributed by atoms with Crippen molar-refractivity contribution in [3.8, 4) is 5.69 Å². The number of carbonyl (C=O) groups is 1. The maximum atomic E-state index is 12.5. The van der Waals surface area contributed by atoms with Gasteiger partial charge in [0.15, 0.2) is 0 Å². The topological polar surface area (TPSA) is 46.4 Å². The van der Waals surface area contributed by atoms with Gasteiger partial charge in [0.2, 0.25) is 0 Å². The molecule has 0 radical (unpaired) electrons. The average molecular weight is 474 g/mol. The fourth-order valence-electron chi connectivity index (χ4n) is 3.57. The molecule has 1 heterocycles. The number of aromatic nitrogens is 1. The van der Waals surface area contributed by atoms with Crippen molar-refractivity contribution in [2.45, 2.75) is 24.5 Å². The minimum atomic E-state index is -0.236. The first-order valence-electron chi connectivity index (χ1n) is 10.6. The number of hydrazone groups is 1. The third-order valence-corrected chi connectivity index (χ3v) is 6.62. The zero-order valence-corrected chi connectivity index (χ0v) is 20.0. The van der Waals surface area contributed by atoms with Crippen LogP contribution in [0.1, 0.15) is 32.9 Å². The van der Waals surface area contributed by atoms with Crippen molar-refractivity contribution < 1.29 is 4.79 Å². The van der Waals surface area contributed by atoms with E-state index in [0.717, 1.165) is 28.4 Å². The quantitative estimate of drug-likeness (QED) is 0.182. The largest absolute Gasteiger partial charge is 0.318 e. The minimum absolute atomic E-state index is 0.236. The first kappa shape index (κ1) is 22.9. The summed E-state index contributed by atoms with van der Waals surface area (Å²) in [7, 11) is 0. The van der Waals surface area contributed by atoms with Crippen LogP contribution in [0.3, 0.4) is 0 Å². The summed E-state index contributed by atoms with van der Waals surface area (Å²) in [5, 5.41) is 4.88. The summed E-state index contributed by atoms with van der Waals surface area (Å²) in [4.78, 5) is 13.7. The molecule has 0 aliphatic carbocycles. The molecule has 0 fully saturated rings. The van der Waals surface area contributed by atoms with Crippen LogP contribution >= 0.6 is 23.4 Å². The van der Waals surface area contributed by atoms with Gasteiger partial charge in [-0.2, -0.15) is 5.10 Å².